The second kappa shape index (κ2) is 9.45. The highest BCUT2D eigenvalue weighted by molar-refractivity contribution is 6.34. The van der Waals surface area contributed by atoms with Crippen LogP contribution in [0.1, 0.15) is 13.8 Å². The average molecular weight is 426 g/mol. The van der Waals surface area contributed by atoms with Gasteiger partial charge in [-0.3, -0.25) is 14.9 Å². The number of rotatable bonds is 7. The summed E-state index contributed by atoms with van der Waals surface area (Å²) in [6, 6.07) is 6.84. The lowest BCUT2D eigenvalue weighted by Crippen LogP contribution is -2.16. The van der Waals surface area contributed by atoms with Gasteiger partial charge in [-0.05, 0) is 25.1 Å². The number of non-ortho nitro benzene ring substituents is 1. The van der Waals surface area contributed by atoms with E-state index in [1.54, 1.807) is 13.0 Å². The minimum Gasteiger partial charge on any atom is -0.392 e. The van der Waals surface area contributed by atoms with E-state index in [0.717, 1.165) is 0 Å². The first-order chi connectivity index (χ1) is 13.2. The van der Waals surface area contributed by atoms with Crippen LogP contribution in [0.3, 0.4) is 0 Å². The summed E-state index contributed by atoms with van der Waals surface area (Å²) in [4.78, 5) is 21.7. The molecule has 1 amide bonds. The monoisotopic (exact) mass is 425 g/mol. The van der Waals surface area contributed by atoms with Crippen LogP contribution in [0.5, 0.6) is 0 Å². The number of nitro benzene ring substituents is 1. The molecule has 0 aromatic heterocycles. The number of azo groups is 1. The minimum absolute atomic E-state index is 0.0559. The van der Waals surface area contributed by atoms with E-state index in [2.05, 4.69) is 20.9 Å². The van der Waals surface area contributed by atoms with Gasteiger partial charge < -0.3 is 15.7 Å². The number of carbonyl (C=O) groups is 1. The minimum atomic E-state index is -0.594. The topological polar surface area (TPSA) is 129 Å². The number of aliphatic hydroxyl groups excluding tert-OH is 1. The van der Waals surface area contributed by atoms with Crippen molar-refractivity contribution in [3.05, 3.63) is 50.5 Å². The summed E-state index contributed by atoms with van der Waals surface area (Å²) in [5, 5.41) is 34.2. The first-order valence-corrected chi connectivity index (χ1v) is 8.81. The van der Waals surface area contributed by atoms with Gasteiger partial charge in [0, 0.05) is 25.6 Å². The molecule has 0 fully saturated rings. The Bertz CT molecular complexity index is 934. The molecule has 0 bridgehead atoms. The van der Waals surface area contributed by atoms with E-state index in [4.69, 9.17) is 23.2 Å². The number of nitrogens with one attached hydrogen (secondary N) is 2. The van der Waals surface area contributed by atoms with Crippen LogP contribution in [0.15, 0.2) is 40.6 Å². The van der Waals surface area contributed by atoms with Crippen LogP contribution in [0, 0.1) is 10.1 Å². The van der Waals surface area contributed by atoms with Crippen LogP contribution in [-0.4, -0.2) is 28.6 Å². The molecule has 1 unspecified atom stereocenters. The molecule has 0 radical (unpaired) electrons. The number of anilines is 2. The zero-order valence-corrected chi connectivity index (χ0v) is 16.5. The molecule has 0 aliphatic heterocycles. The third-order valence-corrected chi connectivity index (χ3v) is 4.01. The van der Waals surface area contributed by atoms with Crippen molar-refractivity contribution < 1.29 is 14.8 Å². The first kappa shape index (κ1) is 21.5. The number of hydrogen-bond acceptors (Lipinski definition) is 7. The van der Waals surface area contributed by atoms with E-state index in [1.807, 2.05) is 0 Å². The molecule has 9 nitrogen and oxygen atoms in total. The number of hydrogen-bond donors (Lipinski definition) is 3. The quantitative estimate of drug-likeness (QED) is 0.323. The van der Waals surface area contributed by atoms with Crippen LogP contribution in [0.25, 0.3) is 0 Å². The van der Waals surface area contributed by atoms with Gasteiger partial charge in [-0.15, -0.1) is 10.2 Å². The van der Waals surface area contributed by atoms with Crippen LogP contribution >= 0.6 is 23.2 Å². The Morgan fingerprint density at radius 2 is 1.86 bits per heavy atom. The Morgan fingerprint density at radius 3 is 2.43 bits per heavy atom. The predicted octanol–water partition coefficient (Wildman–Crippen LogP) is 5.07. The van der Waals surface area contributed by atoms with Gasteiger partial charge in [0.05, 0.1) is 32.4 Å². The number of carbonyl (C=O) groups excluding carboxylic acids is 1. The Labute approximate surface area is 170 Å². The van der Waals surface area contributed by atoms with Crippen molar-refractivity contribution in [1.29, 1.82) is 0 Å². The first-order valence-electron chi connectivity index (χ1n) is 8.06. The number of amides is 1. The molecule has 11 heteroatoms. The lowest BCUT2D eigenvalue weighted by Gasteiger charge is -2.14. The molecule has 0 aliphatic rings. The largest absolute Gasteiger partial charge is 0.392 e. The molecule has 0 aliphatic carbocycles. The molecule has 3 N–H and O–H groups in total. The van der Waals surface area contributed by atoms with Crippen LogP contribution < -0.4 is 10.6 Å². The second-order valence-corrected chi connectivity index (χ2v) is 6.67. The standard InChI is InChI=1S/C17H17Cl2N5O4/c1-9(25)8-20-15-7-16(21-10(2)26)17(6-13(15)19)23-22-14-4-3-11(24(27)28)5-12(14)18/h3-7,9,20,25H,8H2,1-2H3,(H,21,26). The Kier molecular flexibility index (Phi) is 7.27. The van der Waals surface area contributed by atoms with E-state index in [0.29, 0.717) is 16.4 Å². The van der Waals surface area contributed by atoms with Gasteiger partial charge in [-0.25, -0.2) is 0 Å². The van der Waals surface area contributed by atoms with E-state index in [9.17, 15) is 20.0 Å². The maximum atomic E-state index is 11.5. The molecular formula is C17H17Cl2N5O4. The van der Waals surface area contributed by atoms with E-state index in [1.165, 1.54) is 31.2 Å². The second-order valence-electron chi connectivity index (χ2n) is 5.85. The summed E-state index contributed by atoms with van der Waals surface area (Å²) in [7, 11) is 0. The lowest BCUT2D eigenvalue weighted by molar-refractivity contribution is -0.384. The molecule has 1 atom stereocenters. The summed E-state index contributed by atoms with van der Waals surface area (Å²) in [6.07, 6.45) is -0.594. The van der Waals surface area contributed by atoms with E-state index >= 15 is 0 Å². The average Bonchev–Trinajstić information content (AvgIpc) is 2.60. The zero-order chi connectivity index (χ0) is 20.8. The van der Waals surface area contributed by atoms with Crippen LogP contribution in [-0.2, 0) is 4.79 Å². The Balaban J connectivity index is 2.37. The van der Waals surface area contributed by atoms with Crippen molar-refractivity contribution in [2.45, 2.75) is 20.0 Å². The highest BCUT2D eigenvalue weighted by atomic mass is 35.5. The van der Waals surface area contributed by atoms with Crippen LogP contribution in [0.4, 0.5) is 28.4 Å². The van der Waals surface area contributed by atoms with Gasteiger partial charge in [-0.1, -0.05) is 23.2 Å². The van der Waals surface area contributed by atoms with Gasteiger partial charge >= 0.3 is 0 Å². The molecule has 2 aromatic rings. The molecule has 148 valence electrons. The smallest absolute Gasteiger partial charge is 0.271 e. The third kappa shape index (κ3) is 5.88. The van der Waals surface area contributed by atoms with Gasteiger partial charge in [0.2, 0.25) is 5.91 Å². The number of nitro groups is 1. The molecule has 0 spiro atoms. The summed E-state index contributed by atoms with van der Waals surface area (Å²) in [5.74, 6) is -0.325. The maximum Gasteiger partial charge on any atom is 0.271 e. The van der Waals surface area contributed by atoms with Gasteiger partial charge in [-0.2, -0.15) is 0 Å². The maximum absolute atomic E-state index is 11.5. The SMILES string of the molecule is CC(=O)Nc1cc(NCC(C)O)c(Cl)cc1N=Nc1ccc([N+](=O)[O-])cc1Cl. The van der Waals surface area contributed by atoms with Crippen molar-refractivity contribution in [2.24, 2.45) is 10.2 Å². The fraction of sp³-hybridized carbons (Fsp3) is 0.235. The summed E-state index contributed by atoms with van der Waals surface area (Å²) >= 11 is 12.2. The summed E-state index contributed by atoms with van der Waals surface area (Å²) in [6.45, 7) is 3.22. The van der Waals surface area contributed by atoms with Gasteiger partial charge in [0.1, 0.15) is 11.4 Å². The van der Waals surface area contributed by atoms with E-state index in [-0.39, 0.29) is 34.5 Å². The molecular weight excluding hydrogens is 409 g/mol. The number of aliphatic hydroxyl groups is 1. The highest BCUT2D eigenvalue weighted by Crippen LogP contribution is 2.37. The van der Waals surface area contributed by atoms with Crippen molar-refractivity contribution >= 4 is 57.5 Å². The highest BCUT2D eigenvalue weighted by Gasteiger charge is 2.12. The molecule has 0 heterocycles. The Morgan fingerprint density at radius 1 is 1.18 bits per heavy atom. The molecule has 28 heavy (non-hydrogen) atoms. The fourth-order valence-corrected chi connectivity index (χ4v) is 2.56. The van der Waals surface area contributed by atoms with Gasteiger partial charge in [0.25, 0.3) is 5.69 Å². The Hall–Kier alpha value is -2.75. The molecule has 0 saturated heterocycles. The zero-order valence-electron chi connectivity index (χ0n) is 14.9. The van der Waals surface area contributed by atoms with Gasteiger partial charge in [0.15, 0.2) is 0 Å². The van der Waals surface area contributed by atoms with E-state index < -0.39 is 11.0 Å². The molecule has 2 rings (SSSR count). The third-order valence-electron chi connectivity index (χ3n) is 3.39. The number of nitrogens with zero attached hydrogens (tertiary/aromatic N) is 3. The van der Waals surface area contributed by atoms with Crippen molar-refractivity contribution in [3.8, 4) is 0 Å². The fourth-order valence-electron chi connectivity index (χ4n) is 2.13. The summed E-state index contributed by atoms with van der Waals surface area (Å²) < 4.78 is 0. The number of benzene rings is 2. The normalized spacial score (nSPS) is 12.0. The van der Waals surface area contributed by atoms with Crippen molar-refractivity contribution in [2.75, 3.05) is 17.2 Å². The predicted molar refractivity (Wildman–Crippen MR) is 108 cm³/mol. The van der Waals surface area contributed by atoms with Crippen molar-refractivity contribution in [3.63, 3.8) is 0 Å². The lowest BCUT2D eigenvalue weighted by atomic mass is 10.2. The van der Waals surface area contributed by atoms with Crippen molar-refractivity contribution in [1.82, 2.24) is 0 Å². The number of halogens is 2. The molecule has 2 aromatic carbocycles. The molecule has 0 saturated carbocycles. The summed E-state index contributed by atoms with van der Waals surface area (Å²) in [5.41, 5.74) is 1.15. The van der Waals surface area contributed by atoms with Crippen LogP contribution in [0.2, 0.25) is 10.0 Å².